The maximum absolute atomic E-state index is 5.32. The minimum Gasteiger partial charge on any atom is -0.380 e. The highest BCUT2D eigenvalue weighted by atomic mass is 32.1. The van der Waals surface area contributed by atoms with Gasteiger partial charge in [0.15, 0.2) is 5.82 Å². The molecule has 1 N–H and O–H groups in total. The van der Waals surface area contributed by atoms with E-state index >= 15 is 0 Å². The molecule has 6 nitrogen and oxygen atoms in total. The van der Waals surface area contributed by atoms with Gasteiger partial charge in [0.2, 0.25) is 5.89 Å². The van der Waals surface area contributed by atoms with E-state index in [0.29, 0.717) is 18.1 Å². The molecule has 0 spiro atoms. The number of ether oxygens (including phenoxy) is 1. The molecule has 19 heavy (non-hydrogen) atoms. The van der Waals surface area contributed by atoms with Crippen molar-refractivity contribution >= 4 is 11.3 Å². The second-order valence-electron chi connectivity index (χ2n) is 4.66. The smallest absolute Gasteiger partial charge is 0.243 e. The molecule has 1 saturated heterocycles. The van der Waals surface area contributed by atoms with E-state index < -0.39 is 0 Å². The van der Waals surface area contributed by atoms with Crippen molar-refractivity contribution in [2.75, 3.05) is 13.7 Å². The molecule has 3 rings (SSSR count). The molecule has 3 heterocycles. The van der Waals surface area contributed by atoms with Gasteiger partial charge in [-0.3, -0.25) is 0 Å². The van der Waals surface area contributed by atoms with Crippen LogP contribution < -0.4 is 5.32 Å². The highest BCUT2D eigenvalue weighted by Crippen LogP contribution is 2.23. The summed E-state index contributed by atoms with van der Waals surface area (Å²) < 4.78 is 10.6. The largest absolute Gasteiger partial charge is 0.380 e. The van der Waals surface area contributed by atoms with Crippen molar-refractivity contribution in [3.8, 4) is 0 Å². The molecule has 2 atom stereocenters. The summed E-state index contributed by atoms with van der Waals surface area (Å²) in [5.74, 6) is 1.33. The standard InChI is InChI=1S/C12H16N4O2S/c1-7-6-19-11(14-7)4-10-15-12(18-16-10)9-3-8(17-2)5-13-9/h6,8-9,13H,3-5H2,1-2H3. The monoisotopic (exact) mass is 280 g/mol. The fourth-order valence-electron chi connectivity index (χ4n) is 2.17. The molecule has 0 aliphatic carbocycles. The van der Waals surface area contributed by atoms with Crippen molar-refractivity contribution in [3.05, 3.63) is 27.8 Å². The Morgan fingerprint density at radius 3 is 3.11 bits per heavy atom. The number of nitrogens with zero attached hydrogens (tertiary/aromatic N) is 3. The van der Waals surface area contributed by atoms with Gasteiger partial charge >= 0.3 is 0 Å². The number of aromatic nitrogens is 3. The van der Waals surface area contributed by atoms with Crippen LogP contribution in [0.1, 0.15) is 34.9 Å². The van der Waals surface area contributed by atoms with Gasteiger partial charge in [-0.15, -0.1) is 11.3 Å². The first kappa shape index (κ1) is 12.7. The Kier molecular flexibility index (Phi) is 3.58. The maximum Gasteiger partial charge on any atom is 0.243 e. The van der Waals surface area contributed by atoms with Crippen molar-refractivity contribution in [1.82, 2.24) is 20.4 Å². The van der Waals surface area contributed by atoms with Crippen molar-refractivity contribution in [3.63, 3.8) is 0 Å². The summed E-state index contributed by atoms with van der Waals surface area (Å²) in [4.78, 5) is 8.84. The van der Waals surface area contributed by atoms with E-state index in [2.05, 4.69) is 20.4 Å². The van der Waals surface area contributed by atoms with Crippen LogP contribution in [-0.4, -0.2) is 34.9 Å². The van der Waals surface area contributed by atoms with Crippen LogP contribution in [0.3, 0.4) is 0 Å². The molecule has 7 heteroatoms. The minimum atomic E-state index is 0.101. The first-order valence-corrected chi connectivity index (χ1v) is 7.12. The van der Waals surface area contributed by atoms with E-state index in [1.54, 1.807) is 18.4 Å². The molecule has 102 valence electrons. The van der Waals surface area contributed by atoms with Crippen LogP contribution in [0.25, 0.3) is 0 Å². The van der Waals surface area contributed by atoms with Gasteiger partial charge in [-0.2, -0.15) is 4.98 Å². The van der Waals surface area contributed by atoms with Crippen LogP contribution >= 0.6 is 11.3 Å². The topological polar surface area (TPSA) is 73.1 Å². The summed E-state index contributed by atoms with van der Waals surface area (Å²) in [6, 6.07) is 0.101. The van der Waals surface area contributed by atoms with Gasteiger partial charge in [-0.25, -0.2) is 4.98 Å². The predicted molar refractivity (Wildman–Crippen MR) is 70.1 cm³/mol. The molecule has 0 bridgehead atoms. The Morgan fingerprint density at radius 1 is 1.53 bits per heavy atom. The first-order chi connectivity index (χ1) is 9.24. The van der Waals surface area contributed by atoms with Crippen LogP contribution in [0, 0.1) is 6.92 Å². The van der Waals surface area contributed by atoms with Crippen molar-refractivity contribution < 1.29 is 9.26 Å². The van der Waals surface area contributed by atoms with E-state index in [1.165, 1.54) is 0 Å². The number of aryl methyl sites for hydroxylation is 1. The third kappa shape index (κ3) is 2.83. The molecule has 1 fully saturated rings. The van der Waals surface area contributed by atoms with E-state index in [4.69, 9.17) is 9.26 Å². The molecule has 0 amide bonds. The molecular weight excluding hydrogens is 264 g/mol. The number of methoxy groups -OCH3 is 1. The Morgan fingerprint density at radius 2 is 2.42 bits per heavy atom. The summed E-state index contributed by atoms with van der Waals surface area (Å²) in [5.41, 5.74) is 1.03. The van der Waals surface area contributed by atoms with Crippen LogP contribution in [0.15, 0.2) is 9.90 Å². The van der Waals surface area contributed by atoms with Gasteiger partial charge in [-0.05, 0) is 13.3 Å². The van der Waals surface area contributed by atoms with E-state index in [1.807, 2.05) is 12.3 Å². The minimum absolute atomic E-state index is 0.101. The van der Waals surface area contributed by atoms with Crippen molar-refractivity contribution in [1.29, 1.82) is 0 Å². The number of thiazole rings is 1. The second kappa shape index (κ2) is 5.36. The third-order valence-corrected chi connectivity index (χ3v) is 4.15. The SMILES string of the molecule is COC1CNC(c2nc(Cc3nc(C)cs3)no2)C1. The van der Waals surface area contributed by atoms with Crippen LogP contribution in [-0.2, 0) is 11.2 Å². The fraction of sp³-hybridized carbons (Fsp3) is 0.583. The highest BCUT2D eigenvalue weighted by molar-refractivity contribution is 7.09. The number of rotatable bonds is 4. The Bertz CT molecular complexity index is 553. The fourth-order valence-corrected chi connectivity index (χ4v) is 2.94. The van der Waals surface area contributed by atoms with Gasteiger partial charge < -0.3 is 14.6 Å². The molecule has 1 aliphatic heterocycles. The average Bonchev–Trinajstić information content (AvgIpc) is 3.10. The van der Waals surface area contributed by atoms with Gasteiger partial charge in [0.1, 0.15) is 5.01 Å². The van der Waals surface area contributed by atoms with Crippen LogP contribution in [0.4, 0.5) is 0 Å². The van der Waals surface area contributed by atoms with Gasteiger partial charge in [0.25, 0.3) is 0 Å². The van der Waals surface area contributed by atoms with Crippen molar-refractivity contribution in [2.45, 2.75) is 31.9 Å². The van der Waals surface area contributed by atoms with Crippen LogP contribution in [0.2, 0.25) is 0 Å². The molecule has 1 aliphatic rings. The average molecular weight is 280 g/mol. The lowest BCUT2D eigenvalue weighted by atomic mass is 10.2. The van der Waals surface area contributed by atoms with Gasteiger partial charge in [-0.1, -0.05) is 5.16 Å². The maximum atomic E-state index is 5.32. The molecule has 2 aromatic heterocycles. The van der Waals surface area contributed by atoms with E-state index in [-0.39, 0.29) is 12.1 Å². The second-order valence-corrected chi connectivity index (χ2v) is 5.61. The molecular formula is C12H16N4O2S. The third-order valence-electron chi connectivity index (χ3n) is 3.18. The first-order valence-electron chi connectivity index (χ1n) is 6.24. The Labute approximate surface area is 115 Å². The zero-order valence-electron chi connectivity index (χ0n) is 10.9. The molecule has 0 radical (unpaired) electrons. The molecule has 2 unspecified atom stereocenters. The van der Waals surface area contributed by atoms with E-state index in [9.17, 15) is 0 Å². The van der Waals surface area contributed by atoms with Crippen LogP contribution in [0.5, 0.6) is 0 Å². The van der Waals surface area contributed by atoms with Crippen molar-refractivity contribution in [2.24, 2.45) is 0 Å². The summed E-state index contributed by atoms with van der Waals surface area (Å²) >= 11 is 1.62. The van der Waals surface area contributed by atoms with Gasteiger partial charge in [0, 0.05) is 24.7 Å². The number of hydrogen-bond donors (Lipinski definition) is 1. The number of hydrogen-bond acceptors (Lipinski definition) is 7. The lowest BCUT2D eigenvalue weighted by Crippen LogP contribution is -2.16. The predicted octanol–water partition coefficient (Wildman–Crippen LogP) is 1.47. The zero-order valence-corrected chi connectivity index (χ0v) is 11.7. The number of nitrogens with one attached hydrogen (secondary N) is 1. The zero-order chi connectivity index (χ0) is 13.2. The summed E-state index contributed by atoms with van der Waals surface area (Å²) in [7, 11) is 1.72. The Balaban J connectivity index is 1.66. The lowest BCUT2D eigenvalue weighted by Gasteiger charge is -2.04. The molecule has 0 saturated carbocycles. The normalized spacial score (nSPS) is 23.1. The Hall–Kier alpha value is -1.31. The van der Waals surface area contributed by atoms with Gasteiger partial charge in [0.05, 0.1) is 18.6 Å². The highest BCUT2D eigenvalue weighted by Gasteiger charge is 2.29. The summed E-state index contributed by atoms with van der Waals surface area (Å²) in [5, 5.41) is 10.4. The quantitative estimate of drug-likeness (QED) is 0.914. The summed E-state index contributed by atoms with van der Waals surface area (Å²) in [6.45, 7) is 2.81. The van der Waals surface area contributed by atoms with E-state index in [0.717, 1.165) is 23.7 Å². The lowest BCUT2D eigenvalue weighted by molar-refractivity contribution is 0.116. The summed E-state index contributed by atoms with van der Waals surface area (Å²) in [6.07, 6.45) is 1.72. The molecule has 2 aromatic rings. The molecule has 0 aromatic carbocycles.